The summed E-state index contributed by atoms with van der Waals surface area (Å²) in [5.74, 6) is 0.0106. The van der Waals surface area contributed by atoms with E-state index in [0.29, 0.717) is 16.6 Å². The zero-order valence-corrected chi connectivity index (χ0v) is 11.0. The molecule has 0 radical (unpaired) electrons. The molecule has 1 rings (SSSR count). The summed E-state index contributed by atoms with van der Waals surface area (Å²) < 4.78 is 12.0. The van der Waals surface area contributed by atoms with Gasteiger partial charge in [0.2, 0.25) is 0 Å². The highest BCUT2D eigenvalue weighted by atomic mass is 32.2. The van der Waals surface area contributed by atoms with Crippen LogP contribution in [0.2, 0.25) is 0 Å². The van der Waals surface area contributed by atoms with Gasteiger partial charge < -0.3 is 5.11 Å². The monoisotopic (exact) mass is 254 g/mol. The van der Waals surface area contributed by atoms with E-state index < -0.39 is 16.8 Å². The topological polar surface area (TPSA) is 54.4 Å². The van der Waals surface area contributed by atoms with Crippen molar-refractivity contribution in [2.75, 3.05) is 5.75 Å². The maximum Gasteiger partial charge on any atom is 0.335 e. The second-order valence-electron chi connectivity index (χ2n) is 4.24. The van der Waals surface area contributed by atoms with Crippen molar-refractivity contribution in [3.05, 3.63) is 29.8 Å². The Bertz CT molecular complexity index is 415. The Labute approximate surface area is 104 Å². The van der Waals surface area contributed by atoms with Crippen LogP contribution in [0, 0.1) is 5.92 Å². The van der Waals surface area contributed by atoms with E-state index in [1.807, 2.05) is 0 Å². The fraction of sp³-hybridized carbons (Fsp3) is 0.462. The molecule has 94 valence electrons. The summed E-state index contributed by atoms with van der Waals surface area (Å²) in [5, 5.41) is 8.86. The van der Waals surface area contributed by atoms with E-state index in [2.05, 4.69) is 13.8 Å². The van der Waals surface area contributed by atoms with Gasteiger partial charge in [0.05, 0.1) is 16.4 Å². The molecule has 3 nitrogen and oxygen atoms in total. The number of aromatic carboxylic acids is 1. The summed E-state index contributed by atoms with van der Waals surface area (Å²) >= 11 is 0. The minimum Gasteiger partial charge on any atom is -0.478 e. The highest BCUT2D eigenvalue weighted by molar-refractivity contribution is 7.85. The van der Waals surface area contributed by atoms with Crippen LogP contribution in [0.15, 0.2) is 29.2 Å². The van der Waals surface area contributed by atoms with Gasteiger partial charge in [0.1, 0.15) is 0 Å². The summed E-state index contributed by atoms with van der Waals surface area (Å²) in [6.07, 6.45) is 2.12. The lowest BCUT2D eigenvalue weighted by Crippen LogP contribution is -2.08. The van der Waals surface area contributed by atoms with Crippen molar-refractivity contribution in [3.8, 4) is 0 Å². The van der Waals surface area contributed by atoms with Crippen molar-refractivity contribution < 1.29 is 14.1 Å². The number of hydrogen-bond donors (Lipinski definition) is 1. The Hall–Kier alpha value is -1.16. The normalized spacial score (nSPS) is 14.2. The molecule has 0 spiro atoms. The molecule has 0 aliphatic rings. The maximum atomic E-state index is 12.0. The van der Waals surface area contributed by atoms with Crippen molar-refractivity contribution >= 4 is 16.8 Å². The van der Waals surface area contributed by atoms with Crippen LogP contribution in [0.3, 0.4) is 0 Å². The first kappa shape index (κ1) is 13.9. The molecule has 0 fully saturated rings. The molecule has 0 bridgehead atoms. The molecule has 0 aliphatic heterocycles. The number of carboxylic acids is 1. The fourth-order valence-corrected chi connectivity index (χ4v) is 3.07. The third-order valence-electron chi connectivity index (χ3n) is 2.56. The van der Waals surface area contributed by atoms with Crippen molar-refractivity contribution in [1.29, 1.82) is 0 Å². The minimum atomic E-state index is -1.11. The lowest BCUT2D eigenvalue weighted by molar-refractivity contribution is 0.0696. The quantitative estimate of drug-likeness (QED) is 0.849. The van der Waals surface area contributed by atoms with Gasteiger partial charge in [-0.05, 0) is 24.1 Å². The number of carboxylic acid groups (broad SMARTS) is 1. The Kier molecular flexibility index (Phi) is 5.35. The van der Waals surface area contributed by atoms with E-state index in [0.717, 1.165) is 12.8 Å². The first-order chi connectivity index (χ1) is 8.04. The fourth-order valence-electron chi connectivity index (χ4n) is 1.70. The van der Waals surface area contributed by atoms with Gasteiger partial charge in [-0.3, -0.25) is 4.21 Å². The SMILES string of the molecule is CCCC(C)CS(=O)c1cccc(C(=O)O)c1. The molecule has 0 amide bonds. The predicted molar refractivity (Wildman–Crippen MR) is 68.7 cm³/mol. The number of carbonyl (C=O) groups is 1. The maximum absolute atomic E-state index is 12.0. The zero-order valence-electron chi connectivity index (χ0n) is 10.2. The minimum absolute atomic E-state index is 0.194. The van der Waals surface area contributed by atoms with Gasteiger partial charge in [-0.1, -0.05) is 32.8 Å². The van der Waals surface area contributed by atoms with Gasteiger partial charge in [-0.15, -0.1) is 0 Å². The Morgan fingerprint density at radius 3 is 2.76 bits per heavy atom. The lowest BCUT2D eigenvalue weighted by atomic mass is 10.1. The molecule has 2 unspecified atom stereocenters. The first-order valence-corrected chi connectivity index (χ1v) is 7.08. The number of rotatable bonds is 6. The zero-order chi connectivity index (χ0) is 12.8. The number of benzene rings is 1. The molecule has 0 saturated carbocycles. The van der Waals surface area contributed by atoms with E-state index in [9.17, 15) is 9.00 Å². The summed E-state index contributed by atoms with van der Waals surface area (Å²) in [6, 6.07) is 6.37. The Morgan fingerprint density at radius 2 is 2.18 bits per heavy atom. The molecular weight excluding hydrogens is 236 g/mol. The van der Waals surface area contributed by atoms with Crippen LogP contribution in [0.5, 0.6) is 0 Å². The van der Waals surface area contributed by atoms with E-state index in [1.54, 1.807) is 12.1 Å². The van der Waals surface area contributed by atoms with Gasteiger partial charge in [0.15, 0.2) is 0 Å². The molecule has 1 aromatic rings. The molecule has 2 atom stereocenters. The molecule has 4 heteroatoms. The lowest BCUT2D eigenvalue weighted by Gasteiger charge is -2.09. The Morgan fingerprint density at radius 1 is 1.47 bits per heavy atom. The highest BCUT2D eigenvalue weighted by Crippen LogP contribution is 2.15. The van der Waals surface area contributed by atoms with E-state index in [1.165, 1.54) is 12.1 Å². The largest absolute Gasteiger partial charge is 0.478 e. The standard InChI is InChI=1S/C13H18O3S/c1-3-5-10(2)9-17(16)12-7-4-6-11(8-12)13(14)15/h4,6-8,10H,3,5,9H2,1-2H3,(H,14,15). The molecule has 0 aliphatic carbocycles. The van der Waals surface area contributed by atoms with Gasteiger partial charge >= 0.3 is 5.97 Å². The van der Waals surface area contributed by atoms with Crippen LogP contribution >= 0.6 is 0 Å². The van der Waals surface area contributed by atoms with Crippen molar-refractivity contribution in [3.63, 3.8) is 0 Å². The number of hydrogen-bond acceptors (Lipinski definition) is 2. The van der Waals surface area contributed by atoms with Crippen LogP contribution in [0.1, 0.15) is 37.0 Å². The second kappa shape index (κ2) is 6.55. The Balaban J connectivity index is 2.75. The van der Waals surface area contributed by atoms with Crippen LogP contribution in [0.4, 0.5) is 0 Å². The molecule has 1 N–H and O–H groups in total. The summed E-state index contributed by atoms with van der Waals surface area (Å²) in [6.45, 7) is 4.17. The van der Waals surface area contributed by atoms with Crippen LogP contribution in [0.25, 0.3) is 0 Å². The molecule has 0 heterocycles. The van der Waals surface area contributed by atoms with E-state index in [-0.39, 0.29) is 5.56 Å². The van der Waals surface area contributed by atoms with Crippen LogP contribution in [-0.2, 0) is 10.8 Å². The average Bonchev–Trinajstić information content (AvgIpc) is 2.29. The molecule has 1 aromatic carbocycles. The molecule has 0 aromatic heterocycles. The molecule has 0 saturated heterocycles. The first-order valence-electron chi connectivity index (χ1n) is 5.76. The summed E-state index contributed by atoms with van der Waals surface area (Å²) in [7, 11) is -1.11. The van der Waals surface area contributed by atoms with Gasteiger partial charge in [-0.2, -0.15) is 0 Å². The van der Waals surface area contributed by atoms with Crippen molar-refractivity contribution in [2.24, 2.45) is 5.92 Å². The third kappa shape index (κ3) is 4.30. The predicted octanol–water partition coefficient (Wildman–Crippen LogP) is 2.93. The van der Waals surface area contributed by atoms with E-state index in [4.69, 9.17) is 5.11 Å². The van der Waals surface area contributed by atoms with Gasteiger partial charge in [0, 0.05) is 10.6 Å². The smallest absolute Gasteiger partial charge is 0.335 e. The van der Waals surface area contributed by atoms with Gasteiger partial charge in [-0.25, -0.2) is 4.79 Å². The molecular formula is C13H18O3S. The van der Waals surface area contributed by atoms with Crippen LogP contribution < -0.4 is 0 Å². The highest BCUT2D eigenvalue weighted by Gasteiger charge is 2.11. The molecule has 17 heavy (non-hydrogen) atoms. The van der Waals surface area contributed by atoms with Crippen LogP contribution in [-0.4, -0.2) is 21.0 Å². The third-order valence-corrected chi connectivity index (χ3v) is 4.21. The van der Waals surface area contributed by atoms with Crippen molar-refractivity contribution in [2.45, 2.75) is 31.6 Å². The summed E-state index contributed by atoms with van der Waals surface area (Å²) in [4.78, 5) is 11.4. The van der Waals surface area contributed by atoms with Crippen molar-refractivity contribution in [1.82, 2.24) is 0 Å². The average molecular weight is 254 g/mol. The summed E-state index contributed by atoms with van der Waals surface area (Å²) in [5.41, 5.74) is 0.194. The van der Waals surface area contributed by atoms with Gasteiger partial charge in [0.25, 0.3) is 0 Å². The van der Waals surface area contributed by atoms with E-state index >= 15 is 0 Å². The second-order valence-corrected chi connectivity index (χ2v) is 5.73.